The molecule has 0 saturated heterocycles. The van der Waals surface area contributed by atoms with Gasteiger partial charge in [0.25, 0.3) is 5.56 Å². The maximum atomic E-state index is 12.3. The molecule has 9 heteroatoms. The highest BCUT2D eigenvalue weighted by atomic mass is 32.2. The standard InChI is InChI=1S/C20H21N3O5S/c1-13-6-7-23-18(8-13)22-16(10-19(23)24)12-28-20(25)11-21-29(26,27)17-5-4-14(2)15(3)9-17/h4-10,21H,11-12H2,1-3H3. The van der Waals surface area contributed by atoms with E-state index >= 15 is 0 Å². The first-order valence-electron chi connectivity index (χ1n) is 8.87. The van der Waals surface area contributed by atoms with Gasteiger partial charge in [-0.25, -0.2) is 13.4 Å². The second-order valence-electron chi connectivity index (χ2n) is 6.75. The lowest BCUT2D eigenvalue weighted by Crippen LogP contribution is -2.31. The van der Waals surface area contributed by atoms with E-state index in [0.29, 0.717) is 5.65 Å². The van der Waals surface area contributed by atoms with E-state index in [4.69, 9.17) is 4.74 Å². The van der Waals surface area contributed by atoms with Crippen molar-refractivity contribution in [3.05, 3.63) is 75.3 Å². The molecule has 0 atom stereocenters. The van der Waals surface area contributed by atoms with Gasteiger partial charge in [0.15, 0.2) is 0 Å². The Bertz CT molecular complexity index is 1250. The molecule has 152 valence electrons. The lowest BCUT2D eigenvalue weighted by atomic mass is 10.1. The monoisotopic (exact) mass is 415 g/mol. The van der Waals surface area contributed by atoms with Crippen molar-refractivity contribution >= 4 is 21.6 Å². The maximum Gasteiger partial charge on any atom is 0.321 e. The van der Waals surface area contributed by atoms with Crippen LogP contribution in [0.4, 0.5) is 0 Å². The van der Waals surface area contributed by atoms with Gasteiger partial charge in [-0.1, -0.05) is 6.07 Å². The van der Waals surface area contributed by atoms with Gasteiger partial charge in [0.05, 0.1) is 10.6 Å². The number of esters is 1. The molecular formula is C20H21N3O5S. The van der Waals surface area contributed by atoms with E-state index in [1.807, 2.05) is 20.8 Å². The van der Waals surface area contributed by atoms with Gasteiger partial charge in [0.1, 0.15) is 18.8 Å². The SMILES string of the molecule is Cc1ccn2c(=O)cc(COC(=O)CNS(=O)(=O)c3ccc(C)c(C)c3)nc2c1. The van der Waals surface area contributed by atoms with Crippen molar-refractivity contribution < 1.29 is 17.9 Å². The van der Waals surface area contributed by atoms with Crippen LogP contribution in [0, 0.1) is 20.8 Å². The summed E-state index contributed by atoms with van der Waals surface area (Å²) in [4.78, 5) is 28.4. The highest BCUT2D eigenvalue weighted by molar-refractivity contribution is 7.89. The van der Waals surface area contributed by atoms with E-state index in [-0.39, 0.29) is 22.8 Å². The van der Waals surface area contributed by atoms with E-state index in [2.05, 4.69) is 9.71 Å². The van der Waals surface area contributed by atoms with Crippen LogP contribution in [0.2, 0.25) is 0 Å². The Morgan fingerprint density at radius 2 is 1.86 bits per heavy atom. The number of hydrogen-bond acceptors (Lipinski definition) is 6. The summed E-state index contributed by atoms with van der Waals surface area (Å²) in [5.74, 6) is -0.774. The summed E-state index contributed by atoms with van der Waals surface area (Å²) >= 11 is 0. The lowest BCUT2D eigenvalue weighted by Gasteiger charge is -2.09. The predicted octanol–water partition coefficient (Wildman–Crippen LogP) is 1.64. The van der Waals surface area contributed by atoms with Crippen molar-refractivity contribution in [1.29, 1.82) is 0 Å². The fourth-order valence-corrected chi connectivity index (χ4v) is 3.71. The normalized spacial score (nSPS) is 11.6. The van der Waals surface area contributed by atoms with Gasteiger partial charge >= 0.3 is 5.97 Å². The lowest BCUT2D eigenvalue weighted by molar-refractivity contribution is -0.143. The second kappa shape index (κ2) is 8.14. The zero-order valence-electron chi connectivity index (χ0n) is 16.3. The zero-order chi connectivity index (χ0) is 21.2. The third-order valence-corrected chi connectivity index (χ3v) is 5.85. The molecule has 0 fully saturated rings. The van der Waals surface area contributed by atoms with Crippen LogP contribution < -0.4 is 10.3 Å². The zero-order valence-corrected chi connectivity index (χ0v) is 17.1. The van der Waals surface area contributed by atoms with Gasteiger partial charge in [-0.2, -0.15) is 4.72 Å². The Morgan fingerprint density at radius 3 is 2.59 bits per heavy atom. The molecule has 0 bridgehead atoms. The first-order valence-corrected chi connectivity index (χ1v) is 10.4. The van der Waals surface area contributed by atoms with Gasteiger partial charge in [-0.15, -0.1) is 0 Å². The molecule has 1 N–H and O–H groups in total. The minimum atomic E-state index is -3.84. The number of fused-ring (bicyclic) bond motifs is 1. The summed E-state index contributed by atoms with van der Waals surface area (Å²) in [5, 5.41) is 0. The van der Waals surface area contributed by atoms with E-state index in [1.54, 1.807) is 24.4 Å². The first kappa shape index (κ1) is 20.7. The van der Waals surface area contributed by atoms with Crippen LogP contribution in [0.1, 0.15) is 22.4 Å². The molecule has 1 aromatic carbocycles. The fraction of sp³-hybridized carbons (Fsp3) is 0.250. The highest BCUT2D eigenvalue weighted by Crippen LogP contribution is 2.14. The summed E-state index contributed by atoms with van der Waals surface area (Å²) in [5.41, 5.74) is 3.17. The maximum absolute atomic E-state index is 12.3. The summed E-state index contributed by atoms with van der Waals surface area (Å²) in [6, 6.07) is 9.52. The van der Waals surface area contributed by atoms with Crippen LogP contribution in [0.5, 0.6) is 0 Å². The van der Waals surface area contributed by atoms with Crippen molar-refractivity contribution in [2.24, 2.45) is 0 Å². The molecule has 8 nitrogen and oxygen atoms in total. The van der Waals surface area contributed by atoms with Crippen molar-refractivity contribution in [3.63, 3.8) is 0 Å². The number of hydrogen-bond donors (Lipinski definition) is 1. The second-order valence-corrected chi connectivity index (χ2v) is 8.52. The van der Waals surface area contributed by atoms with Crippen molar-refractivity contribution in [3.8, 4) is 0 Å². The summed E-state index contributed by atoms with van der Waals surface area (Å²) in [6.45, 7) is 4.80. The van der Waals surface area contributed by atoms with Gasteiger partial charge in [-0.05, 0) is 61.7 Å². The van der Waals surface area contributed by atoms with E-state index in [0.717, 1.165) is 16.7 Å². The van der Waals surface area contributed by atoms with Crippen LogP contribution in [0.15, 0.2) is 52.3 Å². The van der Waals surface area contributed by atoms with Gasteiger partial charge in [0, 0.05) is 12.3 Å². The summed E-state index contributed by atoms with van der Waals surface area (Å²) < 4.78 is 33.3. The first-order chi connectivity index (χ1) is 13.7. The topological polar surface area (TPSA) is 107 Å². The quantitative estimate of drug-likeness (QED) is 0.614. The number of sulfonamides is 1. The van der Waals surface area contributed by atoms with Crippen molar-refractivity contribution in [2.75, 3.05) is 6.54 Å². The Balaban J connectivity index is 1.63. The number of nitrogens with zero attached hydrogens (tertiary/aromatic N) is 2. The number of aromatic nitrogens is 2. The molecule has 0 amide bonds. The van der Waals surface area contributed by atoms with Gasteiger partial charge in [0.2, 0.25) is 10.0 Å². The van der Waals surface area contributed by atoms with E-state index in [9.17, 15) is 18.0 Å². The van der Waals surface area contributed by atoms with Crippen LogP contribution in [0.25, 0.3) is 5.65 Å². The number of benzene rings is 1. The van der Waals surface area contributed by atoms with Crippen LogP contribution >= 0.6 is 0 Å². The Labute approximate surface area is 168 Å². The molecule has 0 radical (unpaired) electrons. The highest BCUT2D eigenvalue weighted by Gasteiger charge is 2.17. The smallest absolute Gasteiger partial charge is 0.321 e. The molecule has 3 rings (SSSR count). The fourth-order valence-electron chi connectivity index (χ4n) is 2.65. The van der Waals surface area contributed by atoms with Crippen molar-refractivity contribution in [2.45, 2.75) is 32.3 Å². The molecule has 0 saturated carbocycles. The number of pyridine rings is 1. The van der Waals surface area contributed by atoms with Crippen LogP contribution in [0.3, 0.4) is 0 Å². The minimum Gasteiger partial charge on any atom is -0.458 e. The van der Waals surface area contributed by atoms with Crippen LogP contribution in [-0.2, 0) is 26.2 Å². The Morgan fingerprint density at radius 1 is 1.10 bits per heavy atom. The Hall–Kier alpha value is -3.04. The molecule has 29 heavy (non-hydrogen) atoms. The van der Waals surface area contributed by atoms with Crippen LogP contribution in [-0.4, -0.2) is 30.3 Å². The third-order valence-electron chi connectivity index (χ3n) is 4.45. The number of nitrogens with one attached hydrogen (secondary N) is 1. The summed E-state index contributed by atoms with van der Waals surface area (Å²) in [7, 11) is -3.84. The number of ether oxygens (including phenoxy) is 1. The predicted molar refractivity (Wildman–Crippen MR) is 107 cm³/mol. The molecule has 0 aliphatic rings. The third kappa shape index (κ3) is 4.87. The number of carbonyl (C=O) groups excluding carboxylic acids is 1. The molecule has 3 aromatic rings. The largest absolute Gasteiger partial charge is 0.458 e. The molecule has 2 heterocycles. The minimum absolute atomic E-state index is 0.0768. The molecular weight excluding hydrogens is 394 g/mol. The van der Waals surface area contributed by atoms with E-state index < -0.39 is 22.5 Å². The molecule has 0 unspecified atom stereocenters. The molecule has 2 aromatic heterocycles. The summed E-state index contributed by atoms with van der Waals surface area (Å²) in [6.07, 6.45) is 1.62. The number of aryl methyl sites for hydroxylation is 3. The number of carbonyl (C=O) groups is 1. The Kier molecular flexibility index (Phi) is 5.81. The average molecular weight is 415 g/mol. The number of rotatable bonds is 6. The van der Waals surface area contributed by atoms with Gasteiger partial charge < -0.3 is 4.74 Å². The average Bonchev–Trinajstić information content (AvgIpc) is 2.66. The van der Waals surface area contributed by atoms with E-state index in [1.165, 1.54) is 22.6 Å². The molecule has 0 spiro atoms. The molecule has 0 aliphatic heterocycles. The van der Waals surface area contributed by atoms with Gasteiger partial charge in [-0.3, -0.25) is 14.0 Å². The van der Waals surface area contributed by atoms with Crippen molar-refractivity contribution in [1.82, 2.24) is 14.1 Å². The molecule has 0 aliphatic carbocycles.